The van der Waals surface area contributed by atoms with Gasteiger partial charge in [0.15, 0.2) is 0 Å². The summed E-state index contributed by atoms with van der Waals surface area (Å²) < 4.78 is 27.8. The highest BCUT2D eigenvalue weighted by molar-refractivity contribution is 9.11. The predicted molar refractivity (Wildman–Crippen MR) is 86.0 cm³/mol. The van der Waals surface area contributed by atoms with Crippen molar-refractivity contribution in [2.75, 3.05) is 39.8 Å². The SMILES string of the molecule is CNC(=O)CN1CCN(S(=O)(=O)c2cc(C)c(Br)s2)CC1. The van der Waals surface area contributed by atoms with Gasteiger partial charge in [0.2, 0.25) is 5.91 Å². The van der Waals surface area contributed by atoms with Crippen LogP contribution in [0.3, 0.4) is 0 Å². The van der Waals surface area contributed by atoms with Gasteiger partial charge in [-0.1, -0.05) is 0 Å². The molecule has 1 saturated heterocycles. The van der Waals surface area contributed by atoms with E-state index < -0.39 is 10.0 Å². The molecule has 2 rings (SSSR count). The van der Waals surface area contributed by atoms with Gasteiger partial charge in [0.05, 0.1) is 10.3 Å². The molecule has 0 saturated carbocycles. The average Bonchev–Trinajstić information content (AvgIpc) is 2.80. The zero-order valence-electron chi connectivity index (χ0n) is 11.9. The largest absolute Gasteiger partial charge is 0.358 e. The Morgan fingerprint density at radius 3 is 2.48 bits per heavy atom. The first-order valence-corrected chi connectivity index (χ1v) is 9.58. The van der Waals surface area contributed by atoms with Gasteiger partial charge in [-0.3, -0.25) is 9.69 Å². The average molecular weight is 396 g/mol. The Kier molecular flexibility index (Phi) is 5.42. The second kappa shape index (κ2) is 6.74. The van der Waals surface area contributed by atoms with E-state index in [4.69, 9.17) is 0 Å². The van der Waals surface area contributed by atoms with Crippen LogP contribution in [0.4, 0.5) is 0 Å². The van der Waals surface area contributed by atoms with E-state index in [9.17, 15) is 13.2 Å². The number of hydrogen-bond donors (Lipinski definition) is 1. The molecule has 1 aromatic heterocycles. The minimum Gasteiger partial charge on any atom is -0.358 e. The third-order valence-corrected chi connectivity index (χ3v) is 7.89. The van der Waals surface area contributed by atoms with Crippen LogP contribution in [0.15, 0.2) is 14.1 Å². The predicted octanol–water partition coefficient (Wildman–Crippen LogP) is 0.871. The number of nitrogens with one attached hydrogen (secondary N) is 1. The van der Waals surface area contributed by atoms with Crippen LogP contribution in [0.2, 0.25) is 0 Å². The first-order chi connectivity index (χ1) is 9.84. The zero-order chi connectivity index (χ0) is 15.6. The number of rotatable bonds is 4. The molecule has 118 valence electrons. The maximum atomic E-state index is 12.6. The molecule has 0 atom stereocenters. The van der Waals surface area contributed by atoms with Crippen molar-refractivity contribution in [1.82, 2.24) is 14.5 Å². The standard InChI is InChI=1S/C12H18BrN3O3S2/c1-9-7-11(20-12(9)13)21(18,19)16-5-3-15(4-6-16)8-10(17)14-2/h7H,3-6,8H2,1-2H3,(H,14,17). The number of amides is 1. The number of hydrogen-bond acceptors (Lipinski definition) is 5. The van der Waals surface area contributed by atoms with Gasteiger partial charge in [0.25, 0.3) is 10.0 Å². The van der Waals surface area contributed by atoms with Crippen LogP contribution in [0.5, 0.6) is 0 Å². The smallest absolute Gasteiger partial charge is 0.252 e. The van der Waals surface area contributed by atoms with Crippen molar-refractivity contribution in [2.45, 2.75) is 11.1 Å². The van der Waals surface area contributed by atoms with E-state index in [1.54, 1.807) is 13.1 Å². The fraction of sp³-hybridized carbons (Fsp3) is 0.583. The molecule has 0 bridgehead atoms. The van der Waals surface area contributed by atoms with E-state index >= 15 is 0 Å². The molecule has 6 nitrogen and oxygen atoms in total. The molecule has 0 aromatic carbocycles. The topological polar surface area (TPSA) is 69.7 Å². The summed E-state index contributed by atoms with van der Waals surface area (Å²) in [7, 11) is -1.83. The fourth-order valence-corrected chi connectivity index (χ4v) is 5.90. The van der Waals surface area contributed by atoms with Crippen LogP contribution >= 0.6 is 27.3 Å². The lowest BCUT2D eigenvalue weighted by Gasteiger charge is -2.33. The highest BCUT2D eigenvalue weighted by Crippen LogP contribution is 2.32. The van der Waals surface area contributed by atoms with Gasteiger partial charge in [-0.25, -0.2) is 8.42 Å². The Labute approximate surface area is 137 Å². The number of carbonyl (C=O) groups excluding carboxylic acids is 1. The quantitative estimate of drug-likeness (QED) is 0.820. The molecule has 1 aliphatic rings. The van der Waals surface area contributed by atoms with Gasteiger partial charge in [-0.05, 0) is 34.5 Å². The Bertz CT molecular complexity index is 602. The maximum Gasteiger partial charge on any atom is 0.252 e. The molecule has 1 aromatic rings. The molecule has 0 aliphatic carbocycles. The molecule has 0 spiro atoms. The molecule has 1 aliphatic heterocycles. The summed E-state index contributed by atoms with van der Waals surface area (Å²) >= 11 is 4.60. The van der Waals surface area contributed by atoms with Crippen molar-refractivity contribution in [3.63, 3.8) is 0 Å². The number of likely N-dealkylation sites (N-methyl/N-ethyl adjacent to an activating group) is 1. The summed E-state index contributed by atoms with van der Waals surface area (Å²) in [6, 6.07) is 1.70. The van der Waals surface area contributed by atoms with E-state index in [1.165, 1.54) is 15.6 Å². The third kappa shape index (κ3) is 3.84. The first-order valence-electron chi connectivity index (χ1n) is 6.53. The lowest BCUT2D eigenvalue weighted by Crippen LogP contribution is -2.50. The molecule has 21 heavy (non-hydrogen) atoms. The van der Waals surface area contributed by atoms with Crippen LogP contribution in [0, 0.1) is 6.92 Å². The van der Waals surface area contributed by atoms with Crippen molar-refractivity contribution in [1.29, 1.82) is 0 Å². The van der Waals surface area contributed by atoms with E-state index in [2.05, 4.69) is 21.2 Å². The maximum absolute atomic E-state index is 12.6. The number of piperazine rings is 1. The Morgan fingerprint density at radius 1 is 1.38 bits per heavy atom. The van der Waals surface area contributed by atoms with Crippen LogP contribution < -0.4 is 5.32 Å². The molecule has 2 heterocycles. The summed E-state index contributed by atoms with van der Waals surface area (Å²) in [5.41, 5.74) is 0.928. The second-order valence-electron chi connectivity index (χ2n) is 4.88. The normalized spacial score (nSPS) is 17.9. The summed E-state index contributed by atoms with van der Waals surface area (Å²) in [6.45, 7) is 4.15. The van der Waals surface area contributed by atoms with Crippen LogP contribution in [0.25, 0.3) is 0 Å². The summed E-state index contributed by atoms with van der Waals surface area (Å²) in [5, 5.41) is 2.57. The van der Waals surface area contributed by atoms with Gasteiger partial charge in [-0.2, -0.15) is 4.31 Å². The van der Waals surface area contributed by atoms with E-state index in [0.717, 1.165) is 9.35 Å². The minimum absolute atomic E-state index is 0.0517. The first kappa shape index (κ1) is 16.9. The Hall–Kier alpha value is -0.480. The van der Waals surface area contributed by atoms with Gasteiger partial charge in [0, 0.05) is 33.2 Å². The zero-order valence-corrected chi connectivity index (χ0v) is 15.1. The number of thiophene rings is 1. The van der Waals surface area contributed by atoms with E-state index in [1.807, 2.05) is 11.8 Å². The van der Waals surface area contributed by atoms with Crippen LogP contribution in [-0.2, 0) is 14.8 Å². The number of nitrogens with zero attached hydrogens (tertiary/aromatic N) is 2. The van der Waals surface area contributed by atoms with Crippen molar-refractivity contribution < 1.29 is 13.2 Å². The molecule has 1 fully saturated rings. The molecule has 1 amide bonds. The summed E-state index contributed by atoms with van der Waals surface area (Å²) in [5.74, 6) is -0.0517. The molecular formula is C12H18BrN3O3S2. The van der Waals surface area contributed by atoms with Gasteiger partial charge < -0.3 is 5.32 Å². The highest BCUT2D eigenvalue weighted by Gasteiger charge is 2.30. The minimum atomic E-state index is -3.43. The molecular weight excluding hydrogens is 378 g/mol. The third-order valence-electron chi connectivity index (χ3n) is 3.41. The lowest BCUT2D eigenvalue weighted by molar-refractivity contribution is -0.122. The Balaban J connectivity index is 2.02. The molecule has 0 radical (unpaired) electrons. The number of halogens is 1. The van der Waals surface area contributed by atoms with Crippen LogP contribution in [0.1, 0.15) is 5.56 Å². The molecule has 0 unspecified atom stereocenters. The summed E-state index contributed by atoms with van der Waals surface area (Å²) in [4.78, 5) is 13.3. The van der Waals surface area contributed by atoms with Crippen molar-refractivity contribution in [2.24, 2.45) is 0 Å². The molecule has 9 heteroatoms. The van der Waals surface area contributed by atoms with Crippen molar-refractivity contribution in [3.05, 3.63) is 15.4 Å². The Morgan fingerprint density at radius 2 is 2.00 bits per heavy atom. The fourth-order valence-electron chi connectivity index (χ4n) is 2.10. The second-order valence-corrected chi connectivity index (χ2v) is 9.41. The molecule has 1 N–H and O–H groups in total. The van der Waals surface area contributed by atoms with Gasteiger partial charge in [0.1, 0.15) is 4.21 Å². The van der Waals surface area contributed by atoms with Crippen LogP contribution in [-0.4, -0.2) is 63.3 Å². The van der Waals surface area contributed by atoms with Crippen molar-refractivity contribution >= 4 is 43.2 Å². The van der Waals surface area contributed by atoms with E-state index in [-0.39, 0.29) is 5.91 Å². The highest BCUT2D eigenvalue weighted by atomic mass is 79.9. The lowest BCUT2D eigenvalue weighted by atomic mass is 10.3. The van der Waals surface area contributed by atoms with Crippen molar-refractivity contribution in [3.8, 4) is 0 Å². The number of aryl methyl sites for hydroxylation is 1. The van der Waals surface area contributed by atoms with Gasteiger partial charge in [-0.15, -0.1) is 11.3 Å². The van der Waals surface area contributed by atoms with E-state index in [0.29, 0.717) is 36.9 Å². The monoisotopic (exact) mass is 395 g/mol. The number of carbonyl (C=O) groups is 1. The van der Waals surface area contributed by atoms with Gasteiger partial charge >= 0.3 is 0 Å². The number of sulfonamides is 1. The summed E-state index contributed by atoms with van der Waals surface area (Å²) in [6.07, 6.45) is 0.